The van der Waals surface area contributed by atoms with Crippen molar-refractivity contribution in [1.29, 1.82) is 0 Å². The number of fused-ring (bicyclic) bond motifs is 2. The van der Waals surface area contributed by atoms with Crippen LogP contribution in [0, 0.1) is 0 Å². The molecule has 2 N–H and O–H groups in total. The molecule has 3 nitrogen and oxygen atoms in total. The van der Waals surface area contributed by atoms with Crippen LogP contribution in [0.15, 0.2) is 30.3 Å². The molecular formula is C17H17NO2. The summed E-state index contributed by atoms with van der Waals surface area (Å²) in [4.78, 5) is 2.39. The first kappa shape index (κ1) is 11.8. The van der Waals surface area contributed by atoms with Crippen molar-refractivity contribution >= 4 is 0 Å². The van der Waals surface area contributed by atoms with Gasteiger partial charge in [-0.05, 0) is 72.0 Å². The molecule has 2 aromatic rings. The quantitative estimate of drug-likeness (QED) is 0.771. The molecular weight excluding hydrogens is 250 g/mol. The third-order valence-electron chi connectivity index (χ3n) is 4.65. The Bertz CT molecular complexity index is 708. The Kier molecular flexibility index (Phi) is 2.36. The molecule has 1 heterocycles. The van der Waals surface area contributed by atoms with E-state index < -0.39 is 0 Å². The molecule has 20 heavy (non-hydrogen) atoms. The van der Waals surface area contributed by atoms with E-state index >= 15 is 0 Å². The molecule has 0 aromatic heterocycles. The lowest BCUT2D eigenvalue weighted by Crippen LogP contribution is -2.35. The molecule has 0 spiro atoms. The van der Waals surface area contributed by atoms with Crippen molar-refractivity contribution in [2.75, 3.05) is 13.6 Å². The molecule has 102 valence electrons. The Morgan fingerprint density at radius 2 is 1.80 bits per heavy atom. The maximum absolute atomic E-state index is 10.00. The lowest BCUT2D eigenvalue weighted by molar-refractivity contribution is 0.228. The second-order valence-electron chi connectivity index (χ2n) is 5.86. The normalized spacial score (nSPS) is 20.4. The van der Waals surface area contributed by atoms with Gasteiger partial charge in [-0.1, -0.05) is 6.07 Å². The monoisotopic (exact) mass is 267 g/mol. The maximum Gasteiger partial charge on any atom is 0.116 e. The summed E-state index contributed by atoms with van der Waals surface area (Å²) in [5, 5.41) is 19.8. The average Bonchev–Trinajstić information content (AvgIpc) is 2.43. The van der Waals surface area contributed by atoms with E-state index in [1.54, 1.807) is 6.07 Å². The number of benzene rings is 2. The van der Waals surface area contributed by atoms with Crippen molar-refractivity contribution < 1.29 is 10.2 Å². The zero-order chi connectivity index (χ0) is 13.9. The molecule has 0 unspecified atom stereocenters. The third kappa shape index (κ3) is 1.56. The van der Waals surface area contributed by atoms with Gasteiger partial charge in [0.05, 0.1) is 0 Å². The highest BCUT2D eigenvalue weighted by molar-refractivity contribution is 5.78. The van der Waals surface area contributed by atoms with Crippen molar-refractivity contribution in [2.24, 2.45) is 0 Å². The van der Waals surface area contributed by atoms with Crippen molar-refractivity contribution in [3.63, 3.8) is 0 Å². The summed E-state index contributed by atoms with van der Waals surface area (Å²) in [5.74, 6) is 0.599. The average molecular weight is 267 g/mol. The van der Waals surface area contributed by atoms with E-state index in [1.807, 2.05) is 24.3 Å². The molecule has 2 aliphatic rings. The first-order valence-electron chi connectivity index (χ1n) is 7.02. The van der Waals surface area contributed by atoms with Crippen LogP contribution >= 0.6 is 0 Å². The fourth-order valence-electron chi connectivity index (χ4n) is 3.65. The Labute approximate surface area is 118 Å². The summed E-state index contributed by atoms with van der Waals surface area (Å²) >= 11 is 0. The van der Waals surface area contributed by atoms with Crippen LogP contribution in [-0.4, -0.2) is 28.7 Å². The number of phenolic OH excluding ortho intramolecular Hbond substituents is 2. The van der Waals surface area contributed by atoms with Crippen LogP contribution in [0.3, 0.4) is 0 Å². The van der Waals surface area contributed by atoms with E-state index in [4.69, 9.17) is 0 Å². The molecule has 0 saturated carbocycles. The van der Waals surface area contributed by atoms with Gasteiger partial charge in [-0.2, -0.15) is 0 Å². The number of hydrogen-bond donors (Lipinski definition) is 2. The van der Waals surface area contributed by atoms with Gasteiger partial charge in [0.2, 0.25) is 0 Å². The lowest BCUT2D eigenvalue weighted by atomic mass is 9.77. The minimum atomic E-state index is 0.281. The van der Waals surface area contributed by atoms with Gasteiger partial charge in [-0.25, -0.2) is 0 Å². The fraction of sp³-hybridized carbons (Fsp3) is 0.294. The predicted molar refractivity (Wildman–Crippen MR) is 78.0 cm³/mol. The number of hydrogen-bond acceptors (Lipinski definition) is 3. The van der Waals surface area contributed by atoms with E-state index in [0.29, 0.717) is 11.8 Å². The van der Waals surface area contributed by atoms with E-state index in [9.17, 15) is 10.2 Å². The summed E-state index contributed by atoms with van der Waals surface area (Å²) in [6.45, 7) is 1.02. The number of likely N-dealkylation sites (N-methyl/N-ethyl adjacent to an activating group) is 1. The Morgan fingerprint density at radius 1 is 1.00 bits per heavy atom. The standard InChI is InChI=1S/C17H17NO2/c1-18-5-4-11-6-13(20)9-15-14-8-12(19)3-2-10(14)7-16(18)17(11)15/h2-3,6,8-9,16,19-20H,4-5,7H2,1H3/t16-/m1/s1. The number of phenols is 2. The van der Waals surface area contributed by atoms with E-state index in [0.717, 1.165) is 30.5 Å². The molecule has 0 bridgehead atoms. The van der Waals surface area contributed by atoms with Crippen molar-refractivity contribution in [2.45, 2.75) is 18.9 Å². The van der Waals surface area contributed by atoms with Gasteiger partial charge in [0.25, 0.3) is 0 Å². The number of aromatic hydroxyl groups is 2. The van der Waals surface area contributed by atoms with E-state index in [-0.39, 0.29) is 5.75 Å². The SMILES string of the molecule is CN1CCc2cc(O)cc3c2[C@H]1Cc1ccc(O)cc1-3. The van der Waals surface area contributed by atoms with Crippen LogP contribution in [0.5, 0.6) is 11.5 Å². The molecule has 0 amide bonds. The summed E-state index contributed by atoms with van der Waals surface area (Å²) in [6, 6.07) is 9.67. The highest BCUT2D eigenvalue weighted by Gasteiger charge is 2.33. The van der Waals surface area contributed by atoms with E-state index in [1.165, 1.54) is 16.7 Å². The zero-order valence-electron chi connectivity index (χ0n) is 11.4. The topological polar surface area (TPSA) is 43.7 Å². The minimum Gasteiger partial charge on any atom is -0.508 e. The molecule has 4 rings (SSSR count). The summed E-state index contributed by atoms with van der Waals surface area (Å²) in [7, 11) is 2.16. The van der Waals surface area contributed by atoms with Gasteiger partial charge in [0.15, 0.2) is 0 Å². The van der Waals surface area contributed by atoms with Crippen LogP contribution in [0.4, 0.5) is 0 Å². The van der Waals surface area contributed by atoms with Crippen molar-refractivity contribution in [1.82, 2.24) is 4.90 Å². The van der Waals surface area contributed by atoms with Crippen LogP contribution < -0.4 is 0 Å². The fourth-order valence-corrected chi connectivity index (χ4v) is 3.65. The first-order valence-corrected chi connectivity index (χ1v) is 7.02. The van der Waals surface area contributed by atoms with Gasteiger partial charge < -0.3 is 10.2 Å². The van der Waals surface area contributed by atoms with Crippen molar-refractivity contribution in [3.05, 3.63) is 47.0 Å². The second kappa shape index (κ2) is 4.00. The van der Waals surface area contributed by atoms with Gasteiger partial charge in [-0.15, -0.1) is 0 Å². The molecule has 1 atom stereocenters. The molecule has 2 aromatic carbocycles. The van der Waals surface area contributed by atoms with Crippen LogP contribution in [0.2, 0.25) is 0 Å². The largest absolute Gasteiger partial charge is 0.508 e. The smallest absolute Gasteiger partial charge is 0.116 e. The third-order valence-corrected chi connectivity index (χ3v) is 4.65. The molecule has 1 aliphatic heterocycles. The highest BCUT2D eigenvalue weighted by Crippen LogP contribution is 2.46. The van der Waals surface area contributed by atoms with Gasteiger partial charge in [0.1, 0.15) is 11.5 Å². The molecule has 0 fully saturated rings. The van der Waals surface area contributed by atoms with Crippen LogP contribution in [-0.2, 0) is 12.8 Å². The summed E-state index contributed by atoms with van der Waals surface area (Å²) in [5.41, 5.74) is 5.95. The maximum atomic E-state index is 10.00. The lowest BCUT2D eigenvalue weighted by Gasteiger charge is -2.39. The van der Waals surface area contributed by atoms with Crippen molar-refractivity contribution in [3.8, 4) is 22.6 Å². The highest BCUT2D eigenvalue weighted by atomic mass is 16.3. The van der Waals surface area contributed by atoms with E-state index in [2.05, 4.69) is 11.9 Å². The molecule has 0 saturated heterocycles. The summed E-state index contributed by atoms with van der Waals surface area (Å²) in [6.07, 6.45) is 1.94. The zero-order valence-corrected chi connectivity index (χ0v) is 11.4. The molecule has 1 aliphatic carbocycles. The predicted octanol–water partition coefficient (Wildman–Crippen LogP) is 2.85. The van der Waals surface area contributed by atoms with Gasteiger partial charge >= 0.3 is 0 Å². The van der Waals surface area contributed by atoms with Gasteiger partial charge in [-0.3, -0.25) is 4.90 Å². The minimum absolute atomic E-state index is 0.281. The number of nitrogens with zero attached hydrogens (tertiary/aromatic N) is 1. The Hall–Kier alpha value is -2.00. The Morgan fingerprint density at radius 3 is 2.65 bits per heavy atom. The Balaban J connectivity index is 2.04. The molecule has 3 heteroatoms. The molecule has 0 radical (unpaired) electrons. The first-order chi connectivity index (χ1) is 9.63. The summed E-state index contributed by atoms with van der Waals surface area (Å²) < 4.78 is 0. The van der Waals surface area contributed by atoms with Gasteiger partial charge in [0, 0.05) is 12.6 Å². The van der Waals surface area contributed by atoms with Crippen LogP contribution in [0.1, 0.15) is 22.7 Å². The second-order valence-corrected chi connectivity index (χ2v) is 5.86. The number of rotatable bonds is 0. The van der Waals surface area contributed by atoms with Crippen LogP contribution in [0.25, 0.3) is 11.1 Å².